The number of sulfonamides is 1. The molecule has 1 aromatic rings. The standard InChI is InChI=1S/C13H21NO4S/c1-10(2)7-8-14(11-3-4-11)19(16,17)13-6-5-12(9-15)18-13/h5-6,10-11,15H,3-4,7-9H2,1-2H3. The lowest BCUT2D eigenvalue weighted by Gasteiger charge is -2.21. The molecule has 0 aliphatic heterocycles. The smallest absolute Gasteiger partial charge is 0.276 e. The van der Waals surface area contributed by atoms with Crippen LogP contribution in [0.25, 0.3) is 0 Å². The average molecular weight is 287 g/mol. The van der Waals surface area contributed by atoms with Crippen molar-refractivity contribution < 1.29 is 17.9 Å². The highest BCUT2D eigenvalue weighted by Gasteiger charge is 2.39. The fraction of sp³-hybridized carbons (Fsp3) is 0.692. The van der Waals surface area contributed by atoms with Gasteiger partial charge in [-0.25, -0.2) is 8.42 Å². The maximum Gasteiger partial charge on any atom is 0.276 e. The molecule has 108 valence electrons. The third kappa shape index (κ3) is 3.38. The minimum Gasteiger partial charge on any atom is -0.446 e. The molecule has 1 N–H and O–H groups in total. The van der Waals surface area contributed by atoms with Gasteiger partial charge in [0, 0.05) is 12.6 Å². The molecule has 1 aliphatic rings. The summed E-state index contributed by atoms with van der Waals surface area (Å²) in [7, 11) is -3.57. The van der Waals surface area contributed by atoms with Crippen LogP contribution >= 0.6 is 0 Å². The van der Waals surface area contributed by atoms with E-state index in [-0.39, 0.29) is 23.5 Å². The molecule has 0 atom stereocenters. The molecule has 1 heterocycles. The number of aliphatic hydroxyl groups excluding tert-OH is 1. The van der Waals surface area contributed by atoms with E-state index in [4.69, 9.17) is 9.52 Å². The lowest BCUT2D eigenvalue weighted by Crippen LogP contribution is -2.34. The maximum absolute atomic E-state index is 12.5. The predicted molar refractivity (Wildman–Crippen MR) is 71.0 cm³/mol. The highest BCUT2D eigenvalue weighted by Crippen LogP contribution is 2.33. The largest absolute Gasteiger partial charge is 0.446 e. The van der Waals surface area contributed by atoms with Gasteiger partial charge < -0.3 is 9.52 Å². The second-order valence-electron chi connectivity index (χ2n) is 5.41. The highest BCUT2D eigenvalue weighted by atomic mass is 32.2. The van der Waals surface area contributed by atoms with Crippen LogP contribution in [-0.2, 0) is 16.6 Å². The molecule has 19 heavy (non-hydrogen) atoms. The molecular weight excluding hydrogens is 266 g/mol. The van der Waals surface area contributed by atoms with Gasteiger partial charge in [-0.1, -0.05) is 13.8 Å². The number of aliphatic hydroxyl groups is 1. The molecule has 0 spiro atoms. The van der Waals surface area contributed by atoms with E-state index >= 15 is 0 Å². The third-order valence-corrected chi connectivity index (χ3v) is 5.06. The van der Waals surface area contributed by atoms with Crippen LogP contribution in [0.15, 0.2) is 21.6 Å². The summed E-state index contributed by atoms with van der Waals surface area (Å²) >= 11 is 0. The number of furan rings is 1. The first kappa shape index (κ1) is 14.6. The van der Waals surface area contributed by atoms with Gasteiger partial charge >= 0.3 is 0 Å². The van der Waals surface area contributed by atoms with Gasteiger partial charge in [0.1, 0.15) is 12.4 Å². The monoisotopic (exact) mass is 287 g/mol. The Bertz CT molecular complexity index is 517. The van der Waals surface area contributed by atoms with Crippen LogP contribution in [0, 0.1) is 5.92 Å². The van der Waals surface area contributed by atoms with E-state index in [1.807, 2.05) is 0 Å². The van der Waals surface area contributed by atoms with Crippen LogP contribution in [-0.4, -0.2) is 30.4 Å². The van der Waals surface area contributed by atoms with Crippen molar-refractivity contribution in [2.24, 2.45) is 5.92 Å². The topological polar surface area (TPSA) is 70.8 Å². The fourth-order valence-corrected chi connectivity index (χ4v) is 3.58. The Morgan fingerprint density at radius 3 is 2.58 bits per heavy atom. The van der Waals surface area contributed by atoms with E-state index in [1.165, 1.54) is 12.1 Å². The van der Waals surface area contributed by atoms with E-state index in [0.29, 0.717) is 12.5 Å². The molecule has 1 aromatic heterocycles. The number of nitrogens with zero attached hydrogens (tertiary/aromatic N) is 1. The third-order valence-electron chi connectivity index (χ3n) is 3.24. The van der Waals surface area contributed by atoms with Crippen molar-refractivity contribution in [3.8, 4) is 0 Å². The lowest BCUT2D eigenvalue weighted by molar-refractivity contribution is 0.234. The molecule has 5 nitrogen and oxygen atoms in total. The van der Waals surface area contributed by atoms with Crippen LogP contribution in [0.2, 0.25) is 0 Å². The molecule has 1 fully saturated rings. The number of hydrogen-bond acceptors (Lipinski definition) is 4. The van der Waals surface area contributed by atoms with Crippen LogP contribution in [0.4, 0.5) is 0 Å². The average Bonchev–Trinajstić information content (AvgIpc) is 3.05. The molecular formula is C13H21NO4S. The van der Waals surface area contributed by atoms with Gasteiger partial charge in [0.2, 0.25) is 5.09 Å². The zero-order valence-electron chi connectivity index (χ0n) is 11.4. The van der Waals surface area contributed by atoms with Crippen molar-refractivity contribution in [1.82, 2.24) is 4.31 Å². The van der Waals surface area contributed by atoms with Gasteiger partial charge in [-0.05, 0) is 37.3 Å². The Hall–Kier alpha value is -0.850. The van der Waals surface area contributed by atoms with Gasteiger partial charge in [-0.3, -0.25) is 0 Å². The van der Waals surface area contributed by atoms with Crippen molar-refractivity contribution in [2.75, 3.05) is 6.54 Å². The predicted octanol–water partition coefficient (Wildman–Crippen LogP) is 1.97. The summed E-state index contributed by atoms with van der Waals surface area (Å²) in [6.07, 6.45) is 2.68. The van der Waals surface area contributed by atoms with Crippen LogP contribution < -0.4 is 0 Å². The molecule has 0 unspecified atom stereocenters. The van der Waals surface area contributed by atoms with Gasteiger partial charge in [0.05, 0.1) is 0 Å². The first-order valence-corrected chi connectivity index (χ1v) is 8.10. The quantitative estimate of drug-likeness (QED) is 0.832. The van der Waals surface area contributed by atoms with Gasteiger partial charge in [-0.2, -0.15) is 4.31 Å². The van der Waals surface area contributed by atoms with Gasteiger partial charge in [-0.15, -0.1) is 0 Å². The summed E-state index contributed by atoms with van der Waals surface area (Å²) in [5, 5.41) is 8.89. The molecule has 2 rings (SSSR count). The second-order valence-corrected chi connectivity index (χ2v) is 7.23. The van der Waals surface area contributed by atoms with E-state index in [9.17, 15) is 8.42 Å². The second kappa shape index (κ2) is 5.64. The number of rotatable bonds is 7. The molecule has 0 saturated heterocycles. The first-order chi connectivity index (χ1) is 8.95. The number of hydrogen-bond donors (Lipinski definition) is 1. The van der Waals surface area contributed by atoms with E-state index < -0.39 is 10.0 Å². The SMILES string of the molecule is CC(C)CCN(C1CC1)S(=O)(=O)c1ccc(CO)o1. The van der Waals surface area contributed by atoms with Gasteiger partial charge in [0.15, 0.2) is 0 Å². The first-order valence-electron chi connectivity index (χ1n) is 6.66. The Kier molecular flexibility index (Phi) is 4.32. The summed E-state index contributed by atoms with van der Waals surface area (Å²) in [4.78, 5) is 0. The molecule has 0 aromatic carbocycles. The van der Waals surface area contributed by atoms with Crippen molar-refractivity contribution in [2.45, 2.75) is 50.9 Å². The zero-order chi connectivity index (χ0) is 14.0. The van der Waals surface area contributed by atoms with E-state index in [0.717, 1.165) is 19.3 Å². The normalized spacial score (nSPS) is 16.5. The van der Waals surface area contributed by atoms with Crippen molar-refractivity contribution >= 4 is 10.0 Å². The minimum absolute atomic E-state index is 0.0628. The lowest BCUT2D eigenvalue weighted by atomic mass is 10.1. The van der Waals surface area contributed by atoms with Crippen molar-refractivity contribution in [3.05, 3.63) is 17.9 Å². The van der Waals surface area contributed by atoms with Gasteiger partial charge in [0.25, 0.3) is 10.0 Å². The maximum atomic E-state index is 12.5. The Labute approximate surface area is 114 Å². The fourth-order valence-electron chi connectivity index (χ4n) is 1.94. The molecule has 0 radical (unpaired) electrons. The highest BCUT2D eigenvalue weighted by molar-refractivity contribution is 7.89. The summed E-state index contributed by atoms with van der Waals surface area (Å²) in [6.45, 7) is 4.40. The summed E-state index contributed by atoms with van der Waals surface area (Å²) < 4.78 is 31.7. The Balaban J connectivity index is 2.18. The molecule has 0 bridgehead atoms. The van der Waals surface area contributed by atoms with Crippen LogP contribution in [0.1, 0.15) is 38.9 Å². The van der Waals surface area contributed by atoms with E-state index in [2.05, 4.69) is 13.8 Å². The molecule has 1 aliphatic carbocycles. The molecule has 0 amide bonds. The van der Waals surface area contributed by atoms with E-state index in [1.54, 1.807) is 4.31 Å². The molecule has 6 heteroatoms. The van der Waals surface area contributed by atoms with Crippen molar-refractivity contribution in [3.63, 3.8) is 0 Å². The molecule has 1 saturated carbocycles. The van der Waals surface area contributed by atoms with Crippen LogP contribution in [0.5, 0.6) is 0 Å². The minimum atomic E-state index is -3.57. The zero-order valence-corrected chi connectivity index (χ0v) is 12.2. The summed E-state index contributed by atoms with van der Waals surface area (Å²) in [5.41, 5.74) is 0. The Morgan fingerprint density at radius 1 is 1.42 bits per heavy atom. The van der Waals surface area contributed by atoms with Crippen LogP contribution in [0.3, 0.4) is 0 Å². The van der Waals surface area contributed by atoms with Crippen molar-refractivity contribution in [1.29, 1.82) is 0 Å². The summed E-state index contributed by atoms with van der Waals surface area (Å²) in [5.74, 6) is 0.735. The Morgan fingerprint density at radius 2 is 2.11 bits per heavy atom. The summed E-state index contributed by atoms with van der Waals surface area (Å²) in [6, 6.07) is 3.04.